The first-order valence-electron chi connectivity index (χ1n) is 10.4. The number of rotatable bonds is 4. The molecule has 0 aliphatic heterocycles. The first-order chi connectivity index (χ1) is 15.5. The van der Waals surface area contributed by atoms with Gasteiger partial charge in [0.15, 0.2) is 0 Å². The maximum atomic E-state index is 13.5. The third kappa shape index (κ3) is 3.26. The summed E-state index contributed by atoms with van der Waals surface area (Å²) in [6.45, 7) is 0. The van der Waals surface area contributed by atoms with Gasteiger partial charge >= 0.3 is 0 Å². The van der Waals surface area contributed by atoms with E-state index in [2.05, 4.69) is 5.32 Å². The molecular weight excluding hydrogens is 400 g/mol. The average molecular weight is 422 g/mol. The molecule has 1 amide bonds. The largest absolute Gasteiger partial charge is 0.338 e. The van der Waals surface area contributed by atoms with Gasteiger partial charge in [-0.15, -0.1) is 0 Å². The van der Waals surface area contributed by atoms with Crippen molar-refractivity contribution in [3.8, 4) is 0 Å². The molecule has 0 aliphatic carbocycles. The number of pyridine rings is 1. The molecule has 3 aromatic carbocycles. The van der Waals surface area contributed by atoms with Gasteiger partial charge in [-0.2, -0.15) is 0 Å². The van der Waals surface area contributed by atoms with E-state index >= 15 is 0 Å². The lowest BCUT2D eigenvalue weighted by Crippen LogP contribution is -2.32. The van der Waals surface area contributed by atoms with Crippen LogP contribution in [0, 0.1) is 0 Å². The molecule has 2 heterocycles. The predicted octanol–water partition coefficient (Wildman–Crippen LogP) is 3.94. The number of aryl methyl sites for hydroxylation is 2. The van der Waals surface area contributed by atoms with E-state index in [4.69, 9.17) is 4.98 Å². The van der Waals surface area contributed by atoms with Crippen molar-refractivity contribution in [1.29, 1.82) is 0 Å². The fourth-order valence-corrected chi connectivity index (χ4v) is 4.17. The third-order valence-corrected chi connectivity index (χ3v) is 5.89. The number of hydrogen-bond donors (Lipinski definition) is 1. The molecule has 2 aromatic heterocycles. The van der Waals surface area contributed by atoms with Crippen LogP contribution in [0.1, 0.15) is 27.8 Å². The lowest BCUT2D eigenvalue weighted by molar-refractivity contribution is 0.0942. The van der Waals surface area contributed by atoms with E-state index in [-0.39, 0.29) is 11.5 Å². The Morgan fingerprint density at radius 1 is 0.844 bits per heavy atom. The van der Waals surface area contributed by atoms with Crippen LogP contribution in [0.15, 0.2) is 89.7 Å². The molecule has 0 spiro atoms. The Balaban J connectivity index is 1.64. The minimum absolute atomic E-state index is 0.229. The van der Waals surface area contributed by atoms with Crippen LogP contribution in [0.2, 0.25) is 0 Å². The van der Waals surface area contributed by atoms with Crippen LogP contribution in [-0.4, -0.2) is 20.0 Å². The Morgan fingerprint density at radius 3 is 2.25 bits per heavy atom. The number of nitrogens with one attached hydrogen (secondary N) is 1. The molecule has 0 aliphatic rings. The van der Waals surface area contributed by atoms with Crippen LogP contribution in [0.25, 0.3) is 21.9 Å². The minimum atomic E-state index is -0.482. The van der Waals surface area contributed by atoms with Gasteiger partial charge in [-0.05, 0) is 23.8 Å². The fourth-order valence-electron chi connectivity index (χ4n) is 4.17. The summed E-state index contributed by atoms with van der Waals surface area (Å²) in [5.74, 6) is 0.402. The van der Waals surface area contributed by atoms with E-state index in [1.165, 1.54) is 6.07 Å². The number of carbonyl (C=O) groups is 1. The van der Waals surface area contributed by atoms with Gasteiger partial charge in [0.05, 0.1) is 22.1 Å². The summed E-state index contributed by atoms with van der Waals surface area (Å²) < 4.78 is 3.54. The SMILES string of the molecule is Cn1c(C(NC(=O)c2cc(=O)n(C)c3ccccc23)c2ccccc2)nc2ccccc21. The summed E-state index contributed by atoms with van der Waals surface area (Å²) in [6.07, 6.45) is 0. The minimum Gasteiger partial charge on any atom is -0.338 e. The second-order valence-electron chi connectivity index (χ2n) is 7.81. The number of benzene rings is 3. The van der Waals surface area contributed by atoms with E-state index in [1.807, 2.05) is 90.5 Å². The quantitative estimate of drug-likeness (QED) is 0.477. The van der Waals surface area contributed by atoms with E-state index < -0.39 is 6.04 Å². The van der Waals surface area contributed by atoms with E-state index in [0.717, 1.165) is 27.8 Å². The van der Waals surface area contributed by atoms with Gasteiger partial charge in [0.25, 0.3) is 11.5 Å². The van der Waals surface area contributed by atoms with Gasteiger partial charge in [0.2, 0.25) is 0 Å². The highest BCUT2D eigenvalue weighted by Crippen LogP contribution is 2.26. The van der Waals surface area contributed by atoms with Gasteiger partial charge in [-0.1, -0.05) is 60.7 Å². The first-order valence-corrected chi connectivity index (χ1v) is 10.4. The number of nitrogens with zero attached hydrogens (tertiary/aromatic N) is 3. The van der Waals surface area contributed by atoms with Crippen molar-refractivity contribution in [2.45, 2.75) is 6.04 Å². The maximum Gasteiger partial charge on any atom is 0.253 e. The molecule has 0 radical (unpaired) electrons. The second-order valence-corrected chi connectivity index (χ2v) is 7.81. The molecule has 32 heavy (non-hydrogen) atoms. The summed E-state index contributed by atoms with van der Waals surface area (Å²) in [6, 6.07) is 25.9. The smallest absolute Gasteiger partial charge is 0.253 e. The molecule has 158 valence electrons. The Hall–Kier alpha value is -4.19. The molecule has 1 N–H and O–H groups in total. The average Bonchev–Trinajstić information content (AvgIpc) is 3.16. The lowest BCUT2D eigenvalue weighted by atomic mass is 10.0. The standard InChI is InChI=1S/C26H22N4O2/c1-29-21-14-8-6-12-18(21)19(16-23(29)31)26(32)28-24(17-10-4-3-5-11-17)25-27-20-13-7-9-15-22(20)30(25)2/h3-16,24H,1-2H3,(H,28,32). The predicted molar refractivity (Wildman–Crippen MR) is 126 cm³/mol. The highest BCUT2D eigenvalue weighted by atomic mass is 16.2. The molecule has 0 saturated carbocycles. The van der Waals surface area contributed by atoms with Crippen LogP contribution in [0.4, 0.5) is 0 Å². The molecule has 6 heteroatoms. The van der Waals surface area contributed by atoms with Gasteiger partial charge in [0, 0.05) is 25.5 Å². The van der Waals surface area contributed by atoms with Gasteiger partial charge in [-0.25, -0.2) is 4.98 Å². The van der Waals surface area contributed by atoms with E-state index in [1.54, 1.807) is 11.6 Å². The van der Waals surface area contributed by atoms with Crippen molar-refractivity contribution in [2.75, 3.05) is 0 Å². The van der Waals surface area contributed by atoms with Crippen LogP contribution in [0.3, 0.4) is 0 Å². The zero-order valence-electron chi connectivity index (χ0n) is 17.8. The van der Waals surface area contributed by atoms with Crippen LogP contribution in [-0.2, 0) is 14.1 Å². The number of fused-ring (bicyclic) bond motifs is 2. The van der Waals surface area contributed by atoms with Crippen molar-refractivity contribution in [1.82, 2.24) is 19.4 Å². The summed E-state index contributed by atoms with van der Waals surface area (Å²) in [5.41, 5.74) is 3.59. The Labute approximate surface area is 184 Å². The summed E-state index contributed by atoms with van der Waals surface area (Å²) >= 11 is 0. The molecule has 0 fully saturated rings. The van der Waals surface area contributed by atoms with Gasteiger partial charge in [-0.3, -0.25) is 9.59 Å². The number of carbonyl (C=O) groups excluding carboxylic acids is 1. The maximum absolute atomic E-state index is 13.5. The highest BCUT2D eigenvalue weighted by molar-refractivity contribution is 6.06. The van der Waals surface area contributed by atoms with Crippen molar-refractivity contribution in [3.05, 3.63) is 112 Å². The third-order valence-electron chi connectivity index (χ3n) is 5.89. The van der Waals surface area contributed by atoms with Crippen LogP contribution < -0.4 is 10.9 Å². The normalized spacial score (nSPS) is 12.2. The van der Waals surface area contributed by atoms with Crippen molar-refractivity contribution < 1.29 is 4.79 Å². The Kier molecular flexibility index (Phi) is 4.82. The van der Waals surface area contributed by atoms with E-state index in [9.17, 15) is 9.59 Å². The zero-order valence-corrected chi connectivity index (χ0v) is 17.8. The number of hydrogen-bond acceptors (Lipinski definition) is 3. The molecule has 1 atom stereocenters. The molecule has 6 nitrogen and oxygen atoms in total. The fraction of sp³-hybridized carbons (Fsp3) is 0.115. The van der Waals surface area contributed by atoms with Crippen LogP contribution >= 0.6 is 0 Å². The first kappa shape index (κ1) is 19.8. The van der Waals surface area contributed by atoms with Crippen LogP contribution in [0.5, 0.6) is 0 Å². The summed E-state index contributed by atoms with van der Waals surface area (Å²) in [7, 11) is 3.65. The highest BCUT2D eigenvalue weighted by Gasteiger charge is 2.24. The molecule has 5 aromatic rings. The number of imidazole rings is 1. The topological polar surface area (TPSA) is 68.9 Å². The molecule has 0 saturated heterocycles. The zero-order chi connectivity index (χ0) is 22.2. The Morgan fingerprint density at radius 2 is 1.50 bits per heavy atom. The molecule has 1 unspecified atom stereocenters. The molecular formula is C26H22N4O2. The molecule has 5 rings (SSSR count). The Bertz CT molecular complexity index is 1520. The van der Waals surface area contributed by atoms with Gasteiger partial charge < -0.3 is 14.5 Å². The lowest BCUT2D eigenvalue weighted by Gasteiger charge is -2.20. The number of amides is 1. The number of para-hydroxylation sites is 3. The number of aromatic nitrogens is 3. The second kappa shape index (κ2) is 7.81. The van der Waals surface area contributed by atoms with Crippen molar-refractivity contribution in [3.63, 3.8) is 0 Å². The monoisotopic (exact) mass is 422 g/mol. The summed E-state index contributed by atoms with van der Waals surface area (Å²) in [4.78, 5) is 30.8. The van der Waals surface area contributed by atoms with Gasteiger partial charge in [0.1, 0.15) is 11.9 Å². The summed E-state index contributed by atoms with van der Waals surface area (Å²) in [5, 5.41) is 3.86. The van der Waals surface area contributed by atoms with E-state index in [0.29, 0.717) is 11.1 Å². The van der Waals surface area contributed by atoms with Crippen molar-refractivity contribution in [2.24, 2.45) is 14.1 Å². The van der Waals surface area contributed by atoms with Crippen molar-refractivity contribution >= 4 is 27.8 Å². The molecule has 0 bridgehead atoms.